The molecule has 2 unspecified atom stereocenters. The lowest BCUT2D eigenvalue weighted by molar-refractivity contribution is -0.125. The zero-order valence-electron chi connectivity index (χ0n) is 18.9. The van der Waals surface area contributed by atoms with Crippen LogP contribution in [0.3, 0.4) is 0 Å². The molecule has 2 aromatic carbocycles. The molecule has 0 saturated carbocycles. The van der Waals surface area contributed by atoms with Crippen LogP contribution in [0.25, 0.3) is 0 Å². The Bertz CT molecular complexity index is 769. The Labute approximate surface area is 180 Å². The van der Waals surface area contributed by atoms with Crippen LogP contribution in [0.2, 0.25) is 0 Å². The van der Waals surface area contributed by atoms with Crippen molar-refractivity contribution in [3.05, 3.63) is 65.7 Å². The number of amides is 1. The first kappa shape index (κ1) is 27.0. The molecule has 5 heteroatoms. The SMILES string of the molecule is CC.CC(=O)C(C)Cc1ccccc1.CC(=O)NC(Cc1ccc(O)cc1)C(C)=O. The fourth-order valence-corrected chi connectivity index (χ4v) is 2.52. The molecular formula is C25H35NO4. The fourth-order valence-electron chi connectivity index (χ4n) is 2.52. The van der Waals surface area contributed by atoms with Crippen LogP contribution in [-0.2, 0) is 27.2 Å². The molecule has 0 aliphatic rings. The first-order valence-electron chi connectivity index (χ1n) is 10.3. The number of nitrogens with one attached hydrogen (secondary N) is 1. The van der Waals surface area contributed by atoms with Gasteiger partial charge in [-0.1, -0.05) is 63.2 Å². The number of ketones is 2. The maximum atomic E-state index is 11.3. The molecule has 30 heavy (non-hydrogen) atoms. The molecule has 0 heterocycles. The molecule has 0 radical (unpaired) electrons. The average Bonchev–Trinajstić information content (AvgIpc) is 2.71. The maximum absolute atomic E-state index is 11.3. The number of benzene rings is 2. The molecule has 5 nitrogen and oxygen atoms in total. The zero-order valence-corrected chi connectivity index (χ0v) is 18.9. The lowest BCUT2D eigenvalue weighted by atomic mass is 9.98. The summed E-state index contributed by atoms with van der Waals surface area (Å²) in [6.07, 6.45) is 1.30. The Morgan fingerprint density at radius 2 is 1.30 bits per heavy atom. The van der Waals surface area contributed by atoms with Crippen molar-refractivity contribution in [3.8, 4) is 5.75 Å². The predicted octanol–water partition coefficient (Wildman–Crippen LogP) is 4.51. The molecular weight excluding hydrogens is 378 g/mol. The highest BCUT2D eigenvalue weighted by atomic mass is 16.3. The molecule has 0 saturated heterocycles. The molecule has 2 N–H and O–H groups in total. The Morgan fingerprint density at radius 1 is 0.800 bits per heavy atom. The summed E-state index contributed by atoms with van der Waals surface area (Å²) >= 11 is 0. The van der Waals surface area contributed by atoms with Crippen molar-refractivity contribution in [2.24, 2.45) is 5.92 Å². The van der Waals surface area contributed by atoms with Crippen LogP contribution in [0.1, 0.15) is 52.7 Å². The highest BCUT2D eigenvalue weighted by molar-refractivity contribution is 5.86. The molecule has 2 atom stereocenters. The third-order valence-corrected chi connectivity index (χ3v) is 4.32. The van der Waals surface area contributed by atoms with Crippen molar-refractivity contribution in [2.45, 2.75) is 60.4 Å². The minimum atomic E-state index is -0.498. The van der Waals surface area contributed by atoms with E-state index in [1.54, 1.807) is 31.2 Å². The van der Waals surface area contributed by atoms with Gasteiger partial charge in [0, 0.05) is 12.8 Å². The van der Waals surface area contributed by atoms with Crippen molar-refractivity contribution in [3.63, 3.8) is 0 Å². The molecule has 0 aromatic heterocycles. The van der Waals surface area contributed by atoms with Crippen LogP contribution in [0.4, 0.5) is 0 Å². The van der Waals surface area contributed by atoms with Gasteiger partial charge in [0.2, 0.25) is 5.91 Å². The molecule has 1 amide bonds. The summed E-state index contributed by atoms with van der Waals surface area (Å²) in [6.45, 7) is 10.4. The number of phenolic OH excluding ortho intramolecular Hbond substituents is 1. The minimum absolute atomic E-state index is 0.0803. The highest BCUT2D eigenvalue weighted by Crippen LogP contribution is 2.11. The van der Waals surface area contributed by atoms with Gasteiger partial charge in [-0.3, -0.25) is 14.4 Å². The number of carbonyl (C=O) groups is 3. The molecule has 0 aliphatic carbocycles. The number of aromatic hydroxyl groups is 1. The summed E-state index contributed by atoms with van der Waals surface area (Å²) in [5.74, 6) is 0.288. The van der Waals surface area contributed by atoms with Crippen molar-refractivity contribution in [1.82, 2.24) is 5.32 Å². The molecule has 0 aliphatic heterocycles. The predicted molar refractivity (Wildman–Crippen MR) is 121 cm³/mol. The van der Waals surface area contributed by atoms with Crippen LogP contribution < -0.4 is 5.32 Å². The molecule has 2 rings (SSSR count). The number of phenols is 1. The van der Waals surface area contributed by atoms with Gasteiger partial charge in [0.1, 0.15) is 11.5 Å². The second-order valence-electron chi connectivity index (χ2n) is 6.94. The van der Waals surface area contributed by atoms with E-state index in [-0.39, 0.29) is 29.1 Å². The van der Waals surface area contributed by atoms with Gasteiger partial charge in [0.15, 0.2) is 5.78 Å². The zero-order chi connectivity index (χ0) is 23.1. The van der Waals surface area contributed by atoms with E-state index >= 15 is 0 Å². The third kappa shape index (κ3) is 11.8. The van der Waals surface area contributed by atoms with E-state index in [2.05, 4.69) is 17.4 Å². The first-order valence-corrected chi connectivity index (χ1v) is 10.3. The maximum Gasteiger partial charge on any atom is 0.217 e. The first-order chi connectivity index (χ1) is 14.2. The van der Waals surface area contributed by atoms with Crippen LogP contribution in [0, 0.1) is 5.92 Å². The Kier molecular flexibility index (Phi) is 13.5. The van der Waals surface area contributed by atoms with Crippen LogP contribution >= 0.6 is 0 Å². The van der Waals surface area contributed by atoms with E-state index in [9.17, 15) is 14.4 Å². The number of rotatable bonds is 7. The molecule has 0 fully saturated rings. The number of hydrogen-bond donors (Lipinski definition) is 2. The second-order valence-corrected chi connectivity index (χ2v) is 6.94. The van der Waals surface area contributed by atoms with Crippen molar-refractivity contribution in [2.75, 3.05) is 0 Å². The smallest absolute Gasteiger partial charge is 0.217 e. The van der Waals surface area contributed by atoms with E-state index in [1.165, 1.54) is 19.4 Å². The van der Waals surface area contributed by atoms with Crippen LogP contribution in [0.5, 0.6) is 5.75 Å². The summed E-state index contributed by atoms with van der Waals surface area (Å²) < 4.78 is 0. The van der Waals surface area contributed by atoms with Crippen molar-refractivity contribution < 1.29 is 19.5 Å². The van der Waals surface area contributed by atoms with Gasteiger partial charge in [-0.25, -0.2) is 0 Å². The fraction of sp³-hybridized carbons (Fsp3) is 0.400. The lowest BCUT2D eigenvalue weighted by Gasteiger charge is -2.14. The van der Waals surface area contributed by atoms with E-state index in [0.717, 1.165) is 12.0 Å². The molecule has 2 aromatic rings. The van der Waals surface area contributed by atoms with Gasteiger partial charge >= 0.3 is 0 Å². The van der Waals surface area contributed by atoms with Crippen LogP contribution in [-0.4, -0.2) is 28.6 Å². The molecule has 0 bridgehead atoms. The van der Waals surface area contributed by atoms with Crippen molar-refractivity contribution in [1.29, 1.82) is 0 Å². The van der Waals surface area contributed by atoms with E-state index in [1.807, 2.05) is 39.0 Å². The van der Waals surface area contributed by atoms with Gasteiger partial charge in [0.25, 0.3) is 0 Å². The number of hydrogen-bond acceptors (Lipinski definition) is 4. The molecule has 0 spiro atoms. The third-order valence-electron chi connectivity index (χ3n) is 4.32. The summed E-state index contributed by atoms with van der Waals surface area (Å²) in [5.41, 5.74) is 2.13. The normalized spacial score (nSPS) is 11.5. The van der Waals surface area contributed by atoms with Gasteiger partial charge in [0.05, 0.1) is 6.04 Å². The van der Waals surface area contributed by atoms with Gasteiger partial charge in [-0.05, 0) is 49.9 Å². The lowest BCUT2D eigenvalue weighted by Crippen LogP contribution is -2.40. The Hall–Kier alpha value is -2.95. The van der Waals surface area contributed by atoms with E-state index < -0.39 is 6.04 Å². The minimum Gasteiger partial charge on any atom is -0.508 e. The molecule has 164 valence electrons. The standard InChI is InChI=1S/C12H15NO3.C11H14O.C2H6/c1-8(14)12(13-9(2)15)7-10-3-5-11(16)6-4-10;1-9(10(2)12)8-11-6-4-3-5-7-11;1-2/h3-6,12,16H,7H2,1-2H3,(H,13,15);3-7,9H,8H2,1-2H3;1-2H3. The van der Waals surface area contributed by atoms with Gasteiger partial charge in [-0.15, -0.1) is 0 Å². The van der Waals surface area contributed by atoms with Gasteiger partial charge < -0.3 is 10.4 Å². The highest BCUT2D eigenvalue weighted by Gasteiger charge is 2.15. The largest absolute Gasteiger partial charge is 0.508 e. The average molecular weight is 414 g/mol. The van der Waals surface area contributed by atoms with Crippen molar-refractivity contribution >= 4 is 17.5 Å². The number of Topliss-reactive ketones (excluding diaryl/α,β-unsaturated/α-hetero) is 2. The summed E-state index contributed by atoms with van der Waals surface area (Å²) in [6, 6.07) is 16.2. The van der Waals surface area contributed by atoms with Gasteiger partial charge in [-0.2, -0.15) is 0 Å². The number of carbonyl (C=O) groups excluding carboxylic acids is 3. The topological polar surface area (TPSA) is 83.5 Å². The summed E-state index contributed by atoms with van der Waals surface area (Å²) in [5, 5.41) is 11.7. The Balaban J connectivity index is 0.000000535. The quantitative estimate of drug-likeness (QED) is 0.700. The van der Waals surface area contributed by atoms with E-state index in [4.69, 9.17) is 5.11 Å². The monoisotopic (exact) mass is 413 g/mol. The van der Waals surface area contributed by atoms with Crippen LogP contribution in [0.15, 0.2) is 54.6 Å². The summed E-state index contributed by atoms with van der Waals surface area (Å²) in [7, 11) is 0. The van der Waals surface area contributed by atoms with E-state index in [0.29, 0.717) is 6.42 Å². The summed E-state index contributed by atoms with van der Waals surface area (Å²) in [4.78, 5) is 33.1. The second kappa shape index (κ2) is 15.0. The Morgan fingerprint density at radius 3 is 1.73 bits per heavy atom.